The second-order valence-electron chi connectivity index (χ2n) is 4.44. The van der Waals surface area contributed by atoms with Crippen molar-refractivity contribution in [3.05, 3.63) is 48.3 Å². The maximum atomic E-state index is 5.79. The molecule has 0 aliphatic carbocycles. The van der Waals surface area contributed by atoms with Crippen molar-refractivity contribution in [1.82, 2.24) is 9.55 Å². The van der Waals surface area contributed by atoms with E-state index in [1.807, 2.05) is 49.4 Å². The summed E-state index contributed by atoms with van der Waals surface area (Å²) in [6, 6.07) is 13.7. The lowest BCUT2D eigenvalue weighted by Crippen LogP contribution is -1.96. The van der Waals surface area contributed by atoms with E-state index >= 15 is 0 Å². The van der Waals surface area contributed by atoms with E-state index in [-0.39, 0.29) is 0 Å². The van der Waals surface area contributed by atoms with Gasteiger partial charge in [0.25, 0.3) is 0 Å². The van der Waals surface area contributed by atoms with Gasteiger partial charge in [0.15, 0.2) is 0 Å². The standard InChI is InChI=1S/C15H15N3O/c1-10-17-14-9-11(16)3-8-15(14)18(10)12-4-6-13(19-2)7-5-12/h3-9H,16H2,1-2H3. The highest BCUT2D eigenvalue weighted by atomic mass is 16.5. The van der Waals surface area contributed by atoms with Gasteiger partial charge in [-0.25, -0.2) is 4.98 Å². The molecule has 0 saturated carbocycles. The first-order valence-corrected chi connectivity index (χ1v) is 6.08. The third-order valence-electron chi connectivity index (χ3n) is 3.18. The summed E-state index contributed by atoms with van der Waals surface area (Å²) in [5.74, 6) is 1.78. The van der Waals surface area contributed by atoms with Crippen molar-refractivity contribution in [2.75, 3.05) is 12.8 Å². The van der Waals surface area contributed by atoms with Crippen molar-refractivity contribution in [1.29, 1.82) is 0 Å². The molecule has 1 heterocycles. The van der Waals surface area contributed by atoms with Crippen LogP contribution in [0.1, 0.15) is 5.82 Å². The van der Waals surface area contributed by atoms with E-state index in [1.54, 1.807) is 7.11 Å². The normalized spacial score (nSPS) is 10.8. The second kappa shape index (κ2) is 4.31. The molecule has 3 rings (SSSR count). The third-order valence-corrected chi connectivity index (χ3v) is 3.18. The van der Waals surface area contributed by atoms with Crippen molar-refractivity contribution in [2.24, 2.45) is 0 Å². The Labute approximate surface area is 111 Å². The van der Waals surface area contributed by atoms with Gasteiger partial charge >= 0.3 is 0 Å². The van der Waals surface area contributed by atoms with Crippen LogP contribution in [-0.4, -0.2) is 16.7 Å². The van der Waals surface area contributed by atoms with Gasteiger partial charge in [-0.05, 0) is 49.4 Å². The van der Waals surface area contributed by atoms with E-state index in [1.165, 1.54) is 0 Å². The first-order chi connectivity index (χ1) is 9.19. The lowest BCUT2D eigenvalue weighted by atomic mass is 10.2. The van der Waals surface area contributed by atoms with Crippen LogP contribution >= 0.6 is 0 Å². The molecule has 0 atom stereocenters. The largest absolute Gasteiger partial charge is 0.497 e. The quantitative estimate of drug-likeness (QED) is 0.714. The number of aromatic nitrogens is 2. The monoisotopic (exact) mass is 253 g/mol. The first-order valence-electron chi connectivity index (χ1n) is 6.08. The molecule has 0 aliphatic heterocycles. The Morgan fingerprint density at radius 3 is 2.53 bits per heavy atom. The highest BCUT2D eigenvalue weighted by molar-refractivity contribution is 5.81. The van der Waals surface area contributed by atoms with Crippen molar-refractivity contribution in [3.8, 4) is 11.4 Å². The summed E-state index contributed by atoms with van der Waals surface area (Å²) in [5.41, 5.74) is 9.55. The average Bonchev–Trinajstić information content (AvgIpc) is 2.74. The molecule has 96 valence electrons. The zero-order valence-corrected chi connectivity index (χ0v) is 10.9. The van der Waals surface area contributed by atoms with Crippen LogP contribution in [0.3, 0.4) is 0 Å². The minimum absolute atomic E-state index is 0.729. The van der Waals surface area contributed by atoms with Crippen LogP contribution in [0.15, 0.2) is 42.5 Å². The Bertz CT molecular complexity index is 729. The molecule has 0 amide bonds. The molecule has 0 radical (unpaired) electrons. The Balaban J connectivity index is 2.20. The molecule has 0 saturated heterocycles. The molecule has 0 bridgehead atoms. The summed E-state index contributed by atoms with van der Waals surface area (Å²) < 4.78 is 7.28. The Morgan fingerprint density at radius 1 is 1.11 bits per heavy atom. The molecular formula is C15H15N3O. The van der Waals surface area contributed by atoms with Crippen LogP contribution < -0.4 is 10.5 Å². The van der Waals surface area contributed by atoms with Gasteiger partial charge in [-0.3, -0.25) is 4.57 Å². The molecule has 19 heavy (non-hydrogen) atoms. The Hall–Kier alpha value is -2.49. The number of rotatable bonds is 2. The van der Waals surface area contributed by atoms with Crippen LogP contribution in [0.5, 0.6) is 5.75 Å². The van der Waals surface area contributed by atoms with Crippen LogP contribution in [0.2, 0.25) is 0 Å². The predicted octanol–water partition coefficient (Wildman–Crippen LogP) is 2.92. The number of ether oxygens (including phenoxy) is 1. The molecule has 0 aliphatic rings. The highest BCUT2D eigenvalue weighted by Crippen LogP contribution is 2.24. The number of fused-ring (bicyclic) bond motifs is 1. The number of hydrogen-bond acceptors (Lipinski definition) is 3. The van der Waals surface area contributed by atoms with Crippen LogP contribution in [0.25, 0.3) is 16.7 Å². The first kappa shape index (κ1) is 11.6. The van der Waals surface area contributed by atoms with Gasteiger partial charge in [0.2, 0.25) is 0 Å². The van der Waals surface area contributed by atoms with Crippen molar-refractivity contribution >= 4 is 16.7 Å². The summed E-state index contributed by atoms with van der Waals surface area (Å²) in [6.07, 6.45) is 0. The Kier molecular flexibility index (Phi) is 2.63. The number of anilines is 1. The minimum atomic E-state index is 0.729. The number of methoxy groups -OCH3 is 1. The third kappa shape index (κ3) is 1.91. The fourth-order valence-corrected chi connectivity index (χ4v) is 2.27. The number of nitrogens with two attached hydrogens (primary N) is 1. The summed E-state index contributed by atoms with van der Waals surface area (Å²) in [4.78, 5) is 4.54. The van der Waals surface area contributed by atoms with Gasteiger partial charge < -0.3 is 10.5 Å². The molecule has 4 nitrogen and oxygen atoms in total. The van der Waals surface area contributed by atoms with Gasteiger partial charge in [0.05, 0.1) is 18.1 Å². The molecular weight excluding hydrogens is 238 g/mol. The topological polar surface area (TPSA) is 53.1 Å². The predicted molar refractivity (Wildman–Crippen MR) is 76.8 cm³/mol. The average molecular weight is 253 g/mol. The summed E-state index contributed by atoms with van der Waals surface area (Å²) >= 11 is 0. The van der Waals surface area contributed by atoms with Crippen molar-refractivity contribution < 1.29 is 4.74 Å². The SMILES string of the molecule is COc1ccc(-n2c(C)nc3cc(N)ccc32)cc1. The number of hydrogen-bond donors (Lipinski definition) is 1. The van der Waals surface area contributed by atoms with Crippen molar-refractivity contribution in [3.63, 3.8) is 0 Å². The van der Waals surface area contributed by atoms with Crippen LogP contribution in [0, 0.1) is 6.92 Å². The molecule has 2 aromatic carbocycles. The van der Waals surface area contributed by atoms with E-state index < -0.39 is 0 Å². The minimum Gasteiger partial charge on any atom is -0.497 e. The van der Waals surface area contributed by atoms with Gasteiger partial charge in [-0.2, -0.15) is 0 Å². The van der Waals surface area contributed by atoms with E-state index in [0.29, 0.717) is 0 Å². The summed E-state index contributed by atoms with van der Waals surface area (Å²) in [7, 11) is 1.66. The number of imidazole rings is 1. The molecule has 0 unspecified atom stereocenters. The lowest BCUT2D eigenvalue weighted by Gasteiger charge is -2.08. The van der Waals surface area contributed by atoms with E-state index in [0.717, 1.165) is 34.0 Å². The number of nitrogen functional groups attached to an aromatic ring is 1. The lowest BCUT2D eigenvalue weighted by molar-refractivity contribution is 0.415. The number of benzene rings is 2. The van der Waals surface area contributed by atoms with E-state index in [9.17, 15) is 0 Å². The zero-order chi connectivity index (χ0) is 13.4. The molecule has 0 spiro atoms. The molecule has 0 fully saturated rings. The smallest absolute Gasteiger partial charge is 0.119 e. The molecule has 1 aromatic heterocycles. The fraction of sp³-hybridized carbons (Fsp3) is 0.133. The Morgan fingerprint density at radius 2 is 1.84 bits per heavy atom. The molecule has 3 aromatic rings. The number of aryl methyl sites for hydroxylation is 1. The maximum absolute atomic E-state index is 5.79. The van der Waals surface area contributed by atoms with Crippen LogP contribution in [0.4, 0.5) is 5.69 Å². The zero-order valence-electron chi connectivity index (χ0n) is 10.9. The summed E-state index contributed by atoms with van der Waals surface area (Å²) in [6.45, 7) is 1.99. The van der Waals surface area contributed by atoms with Gasteiger partial charge in [-0.1, -0.05) is 0 Å². The van der Waals surface area contributed by atoms with Crippen molar-refractivity contribution in [2.45, 2.75) is 6.92 Å². The van der Waals surface area contributed by atoms with Gasteiger partial charge in [-0.15, -0.1) is 0 Å². The van der Waals surface area contributed by atoms with Crippen LogP contribution in [-0.2, 0) is 0 Å². The van der Waals surface area contributed by atoms with Gasteiger partial charge in [0.1, 0.15) is 11.6 Å². The molecule has 2 N–H and O–H groups in total. The van der Waals surface area contributed by atoms with E-state index in [4.69, 9.17) is 10.5 Å². The van der Waals surface area contributed by atoms with E-state index in [2.05, 4.69) is 9.55 Å². The molecule has 4 heteroatoms. The maximum Gasteiger partial charge on any atom is 0.119 e. The highest BCUT2D eigenvalue weighted by Gasteiger charge is 2.09. The second-order valence-corrected chi connectivity index (χ2v) is 4.44. The summed E-state index contributed by atoms with van der Waals surface area (Å²) in [5, 5.41) is 0. The fourth-order valence-electron chi connectivity index (χ4n) is 2.27. The number of nitrogens with zero attached hydrogens (tertiary/aromatic N) is 2. The van der Waals surface area contributed by atoms with Gasteiger partial charge in [0, 0.05) is 11.4 Å².